The molecule has 75 valence electrons. The topological polar surface area (TPSA) is 12.9 Å². The smallest absolute Gasteiger partial charge is 0.0715 e. The molecule has 0 fully saturated rings. The molecule has 0 amide bonds. The van der Waals surface area contributed by atoms with E-state index < -0.39 is 0 Å². The zero-order valence-corrected chi connectivity index (χ0v) is 8.72. The van der Waals surface area contributed by atoms with Crippen molar-refractivity contribution in [1.29, 1.82) is 0 Å². The quantitative estimate of drug-likeness (QED) is 0.549. The Morgan fingerprint density at radius 3 is 2.62 bits per heavy atom. The Bertz CT molecular complexity index is 683. The second-order valence-electron chi connectivity index (χ2n) is 3.76. The first kappa shape index (κ1) is 9.10. The van der Waals surface area contributed by atoms with Crippen molar-refractivity contribution >= 4 is 27.9 Å². The normalized spacial score (nSPS) is 10.8. The average molecular weight is 204 g/mol. The zero-order chi connectivity index (χ0) is 11.0. The second-order valence-corrected chi connectivity index (χ2v) is 3.76. The Morgan fingerprint density at radius 2 is 1.75 bits per heavy atom. The Balaban J connectivity index is 2.51. The number of benzene rings is 2. The monoisotopic (exact) mass is 204 g/mol. The predicted octanol–water partition coefficient (Wildman–Crippen LogP) is 3.83. The van der Waals surface area contributed by atoms with Crippen molar-refractivity contribution in [2.75, 3.05) is 0 Å². The largest absolute Gasteiger partial charge is 0.248 e. The number of rotatable bonds is 1. The number of para-hydroxylation sites is 1. The summed E-state index contributed by atoms with van der Waals surface area (Å²) in [5.74, 6) is 0. The molecule has 0 saturated heterocycles. The molecule has 1 heterocycles. The minimum absolute atomic E-state index is 0.984. The fourth-order valence-corrected chi connectivity index (χ4v) is 1.97. The highest BCUT2D eigenvalue weighted by atomic mass is 14.7. The maximum Gasteiger partial charge on any atom is 0.0715 e. The molecule has 0 saturated carbocycles. The van der Waals surface area contributed by atoms with Gasteiger partial charge in [0.05, 0.1) is 11.0 Å². The van der Waals surface area contributed by atoms with Crippen LogP contribution in [0.4, 0.5) is 0 Å². The van der Waals surface area contributed by atoms with E-state index in [-0.39, 0.29) is 0 Å². The predicted molar refractivity (Wildman–Crippen MR) is 68.0 cm³/mol. The van der Waals surface area contributed by atoms with Gasteiger partial charge < -0.3 is 0 Å². The summed E-state index contributed by atoms with van der Waals surface area (Å²) in [5.41, 5.74) is 3.03. The fourth-order valence-electron chi connectivity index (χ4n) is 1.97. The lowest BCUT2D eigenvalue weighted by Crippen LogP contribution is -1.84. The standard InChI is InChI=1S/C15H10N/c1-2-11-7-5-9-15-13(11)10-12-6-3-4-8-14(12)16-15/h1-10H. The van der Waals surface area contributed by atoms with Crippen molar-refractivity contribution in [1.82, 2.24) is 4.98 Å². The maximum absolute atomic E-state index is 5.61. The van der Waals surface area contributed by atoms with Crippen LogP contribution in [0.15, 0.2) is 48.5 Å². The molecule has 0 atom stereocenters. The number of fused-ring (bicyclic) bond motifs is 2. The minimum Gasteiger partial charge on any atom is -0.248 e. The first-order valence-electron chi connectivity index (χ1n) is 5.22. The number of aromatic nitrogens is 1. The molecule has 0 N–H and O–H groups in total. The van der Waals surface area contributed by atoms with E-state index in [2.05, 4.69) is 17.1 Å². The summed E-state index contributed by atoms with van der Waals surface area (Å²) in [6.45, 7) is 5.61. The third kappa shape index (κ3) is 1.29. The highest BCUT2D eigenvalue weighted by Gasteiger charge is 2.01. The molecule has 3 rings (SSSR count). The van der Waals surface area contributed by atoms with Gasteiger partial charge in [0.25, 0.3) is 0 Å². The fraction of sp³-hybridized carbons (Fsp3) is 0. The van der Waals surface area contributed by atoms with Gasteiger partial charge in [-0.2, -0.15) is 0 Å². The molecule has 16 heavy (non-hydrogen) atoms. The van der Waals surface area contributed by atoms with Crippen LogP contribution in [0.25, 0.3) is 27.9 Å². The van der Waals surface area contributed by atoms with Crippen molar-refractivity contribution in [3.8, 4) is 0 Å². The van der Waals surface area contributed by atoms with Crippen LogP contribution in [-0.2, 0) is 0 Å². The van der Waals surface area contributed by atoms with E-state index in [4.69, 9.17) is 6.58 Å². The molecule has 1 radical (unpaired) electrons. The molecule has 1 aromatic heterocycles. The third-order valence-electron chi connectivity index (χ3n) is 2.77. The van der Waals surface area contributed by atoms with Crippen LogP contribution in [0.5, 0.6) is 0 Å². The van der Waals surface area contributed by atoms with Crippen LogP contribution in [0.3, 0.4) is 0 Å². The van der Waals surface area contributed by atoms with Crippen molar-refractivity contribution in [3.63, 3.8) is 0 Å². The molecule has 3 aromatic rings. The van der Waals surface area contributed by atoms with Gasteiger partial charge in [-0.3, -0.25) is 0 Å². The molecular formula is C15H10N. The Kier molecular flexibility index (Phi) is 1.97. The van der Waals surface area contributed by atoms with Gasteiger partial charge in [0.1, 0.15) is 0 Å². The molecule has 1 nitrogen and oxygen atoms in total. The van der Waals surface area contributed by atoms with Gasteiger partial charge in [-0.05, 0) is 23.8 Å². The number of hydrogen-bond acceptors (Lipinski definition) is 1. The molecule has 0 spiro atoms. The highest BCUT2D eigenvalue weighted by molar-refractivity contribution is 5.96. The molecule has 0 aliphatic carbocycles. The van der Waals surface area contributed by atoms with Gasteiger partial charge in [-0.15, -0.1) is 0 Å². The van der Waals surface area contributed by atoms with E-state index in [9.17, 15) is 0 Å². The van der Waals surface area contributed by atoms with Crippen LogP contribution in [0, 0.1) is 6.58 Å². The molecule has 0 bridgehead atoms. The number of hydrogen-bond donors (Lipinski definition) is 0. The van der Waals surface area contributed by atoms with Gasteiger partial charge in [0, 0.05) is 10.8 Å². The lowest BCUT2D eigenvalue weighted by atomic mass is 10.1. The van der Waals surface area contributed by atoms with Gasteiger partial charge in [-0.25, -0.2) is 4.98 Å². The first-order chi connectivity index (χ1) is 7.88. The molecule has 0 aliphatic rings. The summed E-state index contributed by atoms with van der Waals surface area (Å²) in [7, 11) is 0. The first-order valence-corrected chi connectivity index (χ1v) is 5.22. The highest BCUT2D eigenvalue weighted by Crippen LogP contribution is 2.22. The van der Waals surface area contributed by atoms with Crippen LogP contribution in [0.2, 0.25) is 0 Å². The Hall–Kier alpha value is -2.15. The molecular weight excluding hydrogens is 194 g/mol. The SMILES string of the molecule is [CH]=Cc1cccc2nc3ccccc3cc12. The van der Waals surface area contributed by atoms with E-state index in [1.54, 1.807) is 6.08 Å². The minimum atomic E-state index is 0.984. The average Bonchev–Trinajstić information content (AvgIpc) is 2.35. The zero-order valence-electron chi connectivity index (χ0n) is 8.72. The summed E-state index contributed by atoms with van der Waals surface area (Å²) >= 11 is 0. The van der Waals surface area contributed by atoms with E-state index >= 15 is 0 Å². The van der Waals surface area contributed by atoms with Gasteiger partial charge >= 0.3 is 0 Å². The van der Waals surface area contributed by atoms with E-state index in [1.807, 2.05) is 36.4 Å². The van der Waals surface area contributed by atoms with Gasteiger partial charge in [-0.1, -0.05) is 43.0 Å². The lowest BCUT2D eigenvalue weighted by molar-refractivity contribution is 1.49. The Labute approximate surface area is 94.1 Å². The summed E-state index contributed by atoms with van der Waals surface area (Å²) in [5, 5.41) is 2.24. The van der Waals surface area contributed by atoms with E-state index in [0.717, 1.165) is 27.4 Å². The summed E-state index contributed by atoms with van der Waals surface area (Å²) < 4.78 is 0. The number of pyridine rings is 1. The summed E-state index contributed by atoms with van der Waals surface area (Å²) in [6.07, 6.45) is 1.62. The van der Waals surface area contributed by atoms with Crippen molar-refractivity contribution in [3.05, 3.63) is 60.7 Å². The third-order valence-corrected chi connectivity index (χ3v) is 2.77. The van der Waals surface area contributed by atoms with Crippen molar-refractivity contribution < 1.29 is 0 Å². The van der Waals surface area contributed by atoms with Crippen molar-refractivity contribution in [2.24, 2.45) is 0 Å². The van der Waals surface area contributed by atoms with E-state index in [1.165, 1.54) is 0 Å². The second kappa shape index (κ2) is 3.46. The van der Waals surface area contributed by atoms with E-state index in [0.29, 0.717) is 0 Å². The molecule has 0 aliphatic heterocycles. The van der Waals surface area contributed by atoms with Crippen LogP contribution >= 0.6 is 0 Å². The lowest BCUT2D eigenvalue weighted by Gasteiger charge is -2.03. The van der Waals surface area contributed by atoms with Crippen LogP contribution < -0.4 is 0 Å². The summed E-state index contributed by atoms with van der Waals surface area (Å²) in [4.78, 5) is 4.61. The summed E-state index contributed by atoms with van der Waals surface area (Å²) in [6, 6.07) is 16.2. The Morgan fingerprint density at radius 1 is 0.938 bits per heavy atom. The molecule has 0 unspecified atom stereocenters. The molecule has 1 heteroatoms. The molecule has 2 aromatic carbocycles. The van der Waals surface area contributed by atoms with Crippen molar-refractivity contribution in [2.45, 2.75) is 0 Å². The maximum atomic E-state index is 5.61. The van der Waals surface area contributed by atoms with Crippen LogP contribution in [0.1, 0.15) is 5.56 Å². The number of nitrogens with zero attached hydrogens (tertiary/aromatic N) is 1. The van der Waals surface area contributed by atoms with Crippen LogP contribution in [-0.4, -0.2) is 4.98 Å². The van der Waals surface area contributed by atoms with Gasteiger partial charge in [0.15, 0.2) is 0 Å². The van der Waals surface area contributed by atoms with Gasteiger partial charge in [0.2, 0.25) is 0 Å².